The molecule has 1 radical (unpaired) electrons. The normalized spacial score (nSPS) is 11.4. The quantitative estimate of drug-likeness (QED) is 0.735. The van der Waals surface area contributed by atoms with E-state index in [1.807, 2.05) is 0 Å². The summed E-state index contributed by atoms with van der Waals surface area (Å²) in [6, 6.07) is 10.7. The van der Waals surface area contributed by atoms with Crippen molar-refractivity contribution in [2.45, 2.75) is 4.90 Å². The van der Waals surface area contributed by atoms with E-state index in [0.29, 0.717) is 0 Å². The molecule has 0 aliphatic rings. The molecule has 0 atom stereocenters. The summed E-state index contributed by atoms with van der Waals surface area (Å²) in [5, 5.41) is 3.64. The maximum absolute atomic E-state index is 11.8. The molecule has 0 aliphatic carbocycles. The van der Waals surface area contributed by atoms with E-state index in [1.165, 1.54) is 24.5 Å². The van der Waals surface area contributed by atoms with E-state index >= 15 is 0 Å². The first kappa shape index (κ1) is 8.96. The smallest absolute Gasteiger partial charge is 0.199 e. The van der Waals surface area contributed by atoms with Gasteiger partial charge in [0.2, 0.25) is 0 Å². The fraction of sp³-hybridized carbons (Fsp3) is 0. The Bertz CT molecular complexity index is 503. The molecule has 0 bridgehead atoms. The van der Waals surface area contributed by atoms with Gasteiger partial charge < -0.3 is 0 Å². The van der Waals surface area contributed by atoms with Crippen molar-refractivity contribution < 1.29 is 8.42 Å². The molecule has 0 amide bonds. The SMILES string of the molecule is O=S(=O)(c1ccccc1)n1c[c]cn1. The molecule has 2 rings (SSSR count). The Balaban J connectivity index is 2.55. The molecule has 0 fully saturated rings. The third-order valence-corrected chi connectivity index (χ3v) is 3.28. The first-order chi connectivity index (χ1) is 6.71. The second kappa shape index (κ2) is 3.26. The largest absolute Gasteiger partial charge is 0.282 e. The Morgan fingerprint density at radius 3 is 2.50 bits per heavy atom. The van der Waals surface area contributed by atoms with Crippen molar-refractivity contribution in [2.24, 2.45) is 0 Å². The minimum absolute atomic E-state index is 0.220. The van der Waals surface area contributed by atoms with E-state index in [4.69, 9.17) is 0 Å². The number of benzene rings is 1. The molecule has 5 heteroatoms. The van der Waals surface area contributed by atoms with Gasteiger partial charge in [-0.05, 0) is 12.1 Å². The van der Waals surface area contributed by atoms with Crippen LogP contribution in [0.4, 0.5) is 0 Å². The lowest BCUT2D eigenvalue weighted by atomic mass is 10.4. The number of nitrogens with zero attached hydrogens (tertiary/aromatic N) is 2. The molecule has 1 aromatic carbocycles. The molecule has 0 saturated carbocycles. The van der Waals surface area contributed by atoms with Crippen molar-refractivity contribution in [1.82, 2.24) is 9.19 Å². The number of hydrogen-bond donors (Lipinski definition) is 0. The summed E-state index contributed by atoms with van der Waals surface area (Å²) < 4.78 is 24.4. The summed E-state index contributed by atoms with van der Waals surface area (Å²) in [7, 11) is -3.52. The molecule has 2 aromatic rings. The topological polar surface area (TPSA) is 52.0 Å². The zero-order valence-corrected chi connectivity index (χ0v) is 7.98. The molecule has 14 heavy (non-hydrogen) atoms. The second-order valence-electron chi connectivity index (χ2n) is 2.63. The summed E-state index contributed by atoms with van der Waals surface area (Å²) in [6.45, 7) is 0. The standard InChI is InChI=1S/C9H7N2O2S/c12-14(13,11-8-4-7-10-11)9-5-2-1-3-6-9/h1-3,5-8H. The van der Waals surface area contributed by atoms with Crippen LogP contribution in [0.2, 0.25) is 0 Å². The van der Waals surface area contributed by atoms with E-state index in [0.717, 1.165) is 4.09 Å². The summed E-state index contributed by atoms with van der Waals surface area (Å²) in [5.41, 5.74) is 0. The van der Waals surface area contributed by atoms with Crippen LogP contribution in [0.25, 0.3) is 0 Å². The van der Waals surface area contributed by atoms with Crippen molar-refractivity contribution in [3.05, 3.63) is 48.8 Å². The van der Waals surface area contributed by atoms with Crippen LogP contribution in [0.5, 0.6) is 0 Å². The lowest BCUT2D eigenvalue weighted by Gasteiger charge is -2.02. The van der Waals surface area contributed by atoms with Crippen molar-refractivity contribution in [3.63, 3.8) is 0 Å². The van der Waals surface area contributed by atoms with Gasteiger partial charge in [0.15, 0.2) is 0 Å². The monoisotopic (exact) mass is 207 g/mol. The molecule has 1 heterocycles. The molecule has 71 valence electrons. The molecular weight excluding hydrogens is 200 g/mol. The molecule has 4 nitrogen and oxygen atoms in total. The van der Waals surface area contributed by atoms with Gasteiger partial charge in [-0.15, -0.1) is 0 Å². The van der Waals surface area contributed by atoms with Crippen LogP contribution in [0.1, 0.15) is 0 Å². The zero-order chi connectivity index (χ0) is 10.0. The molecule has 0 saturated heterocycles. The van der Waals surface area contributed by atoms with Gasteiger partial charge in [-0.3, -0.25) is 0 Å². The lowest BCUT2D eigenvalue weighted by molar-refractivity contribution is 0.580. The summed E-state index contributed by atoms with van der Waals surface area (Å²) >= 11 is 0. The lowest BCUT2D eigenvalue weighted by Crippen LogP contribution is -2.12. The molecule has 0 N–H and O–H groups in total. The van der Waals surface area contributed by atoms with Crippen molar-refractivity contribution in [2.75, 3.05) is 0 Å². The fourth-order valence-corrected chi connectivity index (χ4v) is 2.14. The minimum atomic E-state index is -3.52. The predicted octanol–water partition coefficient (Wildman–Crippen LogP) is 0.920. The molecule has 0 unspecified atom stereocenters. The van der Waals surface area contributed by atoms with Crippen molar-refractivity contribution in [3.8, 4) is 0 Å². The first-order valence-corrected chi connectivity index (χ1v) is 5.36. The van der Waals surface area contributed by atoms with Crippen molar-refractivity contribution in [1.29, 1.82) is 0 Å². The minimum Gasteiger partial charge on any atom is -0.199 e. The van der Waals surface area contributed by atoms with Crippen LogP contribution in [-0.4, -0.2) is 17.6 Å². The Morgan fingerprint density at radius 1 is 1.21 bits per heavy atom. The first-order valence-electron chi connectivity index (χ1n) is 3.92. The van der Waals surface area contributed by atoms with Crippen LogP contribution in [-0.2, 0) is 10.0 Å². The predicted molar refractivity (Wildman–Crippen MR) is 50.1 cm³/mol. The summed E-state index contributed by atoms with van der Waals surface area (Å²) in [5.74, 6) is 0. The molecule has 0 aliphatic heterocycles. The van der Waals surface area contributed by atoms with Crippen LogP contribution < -0.4 is 0 Å². The van der Waals surface area contributed by atoms with Gasteiger partial charge in [0.25, 0.3) is 10.0 Å². The van der Waals surface area contributed by atoms with Crippen LogP contribution in [0, 0.1) is 6.07 Å². The highest BCUT2D eigenvalue weighted by Gasteiger charge is 2.15. The highest BCUT2D eigenvalue weighted by Crippen LogP contribution is 2.10. The van der Waals surface area contributed by atoms with Crippen LogP contribution in [0.3, 0.4) is 0 Å². The summed E-state index contributed by atoms with van der Waals surface area (Å²) in [6.07, 6.45) is 2.59. The highest BCUT2D eigenvalue weighted by molar-refractivity contribution is 7.89. The second-order valence-corrected chi connectivity index (χ2v) is 4.43. The number of aromatic nitrogens is 2. The average molecular weight is 207 g/mol. The highest BCUT2D eigenvalue weighted by atomic mass is 32.2. The van der Waals surface area contributed by atoms with Gasteiger partial charge in [0.05, 0.1) is 17.3 Å². The Morgan fingerprint density at radius 2 is 1.93 bits per heavy atom. The van der Waals surface area contributed by atoms with E-state index in [1.54, 1.807) is 18.2 Å². The summed E-state index contributed by atoms with van der Waals surface area (Å²) in [4.78, 5) is 0.220. The Hall–Kier alpha value is -1.62. The van der Waals surface area contributed by atoms with Gasteiger partial charge in [-0.1, -0.05) is 18.2 Å². The van der Waals surface area contributed by atoms with E-state index in [2.05, 4.69) is 11.2 Å². The maximum Gasteiger partial charge on any atom is 0.282 e. The van der Waals surface area contributed by atoms with Gasteiger partial charge in [-0.25, -0.2) is 0 Å². The van der Waals surface area contributed by atoms with Gasteiger partial charge in [0, 0.05) is 6.07 Å². The van der Waals surface area contributed by atoms with Gasteiger partial charge in [-0.2, -0.15) is 17.6 Å². The molecular formula is C9H7N2O2S. The maximum atomic E-state index is 11.8. The van der Waals surface area contributed by atoms with Crippen LogP contribution in [0.15, 0.2) is 47.6 Å². The number of rotatable bonds is 2. The van der Waals surface area contributed by atoms with E-state index in [-0.39, 0.29) is 4.90 Å². The molecule has 0 spiro atoms. The van der Waals surface area contributed by atoms with Gasteiger partial charge in [0.1, 0.15) is 0 Å². The third kappa shape index (κ3) is 1.42. The number of hydrogen-bond acceptors (Lipinski definition) is 3. The van der Waals surface area contributed by atoms with Gasteiger partial charge >= 0.3 is 0 Å². The Labute approximate surface area is 81.9 Å². The van der Waals surface area contributed by atoms with Crippen LogP contribution >= 0.6 is 0 Å². The zero-order valence-electron chi connectivity index (χ0n) is 7.16. The van der Waals surface area contributed by atoms with Crippen molar-refractivity contribution >= 4 is 10.0 Å². The third-order valence-electron chi connectivity index (χ3n) is 1.72. The van der Waals surface area contributed by atoms with E-state index in [9.17, 15) is 8.42 Å². The molecule has 1 aromatic heterocycles. The Kier molecular flexibility index (Phi) is 2.09. The average Bonchev–Trinajstić information content (AvgIpc) is 2.72. The van der Waals surface area contributed by atoms with E-state index < -0.39 is 10.0 Å². The fourth-order valence-electron chi connectivity index (χ4n) is 1.05.